The number of hydrogen-bond acceptors (Lipinski definition) is 3. The van der Waals surface area contributed by atoms with Gasteiger partial charge >= 0.3 is 0 Å². The fourth-order valence-electron chi connectivity index (χ4n) is 2.81. The van der Waals surface area contributed by atoms with Gasteiger partial charge < -0.3 is 15.2 Å². The number of fused-ring (bicyclic) bond motifs is 1. The zero-order valence-electron chi connectivity index (χ0n) is 11.0. The van der Waals surface area contributed by atoms with E-state index in [-0.39, 0.29) is 0 Å². The number of likely N-dealkylation sites (tertiary alicyclic amines) is 1. The second-order valence-corrected chi connectivity index (χ2v) is 5.50. The summed E-state index contributed by atoms with van der Waals surface area (Å²) in [6.07, 6.45) is 2.65. The number of aromatic nitrogens is 2. The minimum Gasteiger partial charge on any atom is -0.326 e. The number of nitrogens with zero attached hydrogens (tertiary/aromatic N) is 3. The Kier molecular flexibility index (Phi) is 3.73. The summed E-state index contributed by atoms with van der Waals surface area (Å²) in [6, 6.07) is 5.86. The van der Waals surface area contributed by atoms with E-state index in [9.17, 15) is 0 Å². The molecule has 102 valence electrons. The molecule has 0 atom stereocenters. The van der Waals surface area contributed by atoms with Gasteiger partial charge in [-0.2, -0.15) is 0 Å². The molecule has 0 radical (unpaired) electrons. The monoisotopic (exact) mass is 278 g/mol. The summed E-state index contributed by atoms with van der Waals surface area (Å²) in [5.74, 6) is 0.941. The van der Waals surface area contributed by atoms with Crippen molar-refractivity contribution in [3.63, 3.8) is 0 Å². The highest BCUT2D eigenvalue weighted by molar-refractivity contribution is 6.31. The third-order valence-electron chi connectivity index (χ3n) is 3.81. The summed E-state index contributed by atoms with van der Waals surface area (Å²) in [7, 11) is 0. The molecule has 2 heterocycles. The molecule has 2 aromatic rings. The normalized spacial score (nSPS) is 16.5. The van der Waals surface area contributed by atoms with E-state index >= 15 is 0 Å². The number of halogens is 1. The van der Waals surface area contributed by atoms with Crippen molar-refractivity contribution in [2.45, 2.75) is 25.9 Å². The van der Waals surface area contributed by atoms with Crippen LogP contribution in [0.3, 0.4) is 0 Å². The summed E-state index contributed by atoms with van der Waals surface area (Å²) in [6.45, 7) is 4.92. The highest BCUT2D eigenvalue weighted by Crippen LogP contribution is 2.21. The van der Waals surface area contributed by atoms with E-state index in [4.69, 9.17) is 17.3 Å². The lowest BCUT2D eigenvalue weighted by Crippen LogP contribution is -2.25. The van der Waals surface area contributed by atoms with E-state index < -0.39 is 0 Å². The molecule has 3 rings (SSSR count). The first-order valence-corrected chi connectivity index (χ1v) is 7.23. The molecule has 1 fully saturated rings. The zero-order chi connectivity index (χ0) is 13.2. The molecule has 4 nitrogen and oxygen atoms in total. The average Bonchev–Trinajstić information content (AvgIpc) is 3.02. The predicted molar refractivity (Wildman–Crippen MR) is 78.3 cm³/mol. The van der Waals surface area contributed by atoms with Gasteiger partial charge in [0.15, 0.2) is 0 Å². The standard InChI is InChI=1S/C14H19ClN4/c15-11-3-4-13-12(9-11)17-14(10-16)19(13)8-7-18-5-1-2-6-18/h3-4,9H,1-2,5-8,10,16H2. The second kappa shape index (κ2) is 5.49. The van der Waals surface area contributed by atoms with Crippen LogP contribution in [0.5, 0.6) is 0 Å². The van der Waals surface area contributed by atoms with Crippen molar-refractivity contribution in [3.8, 4) is 0 Å². The van der Waals surface area contributed by atoms with Crippen molar-refractivity contribution >= 4 is 22.6 Å². The van der Waals surface area contributed by atoms with E-state index in [0.717, 1.165) is 35.0 Å². The minimum atomic E-state index is 0.465. The molecule has 1 aliphatic rings. The van der Waals surface area contributed by atoms with E-state index in [2.05, 4.69) is 14.5 Å². The molecular formula is C14H19ClN4. The van der Waals surface area contributed by atoms with Gasteiger partial charge in [0, 0.05) is 18.1 Å². The maximum Gasteiger partial charge on any atom is 0.123 e. The molecule has 0 spiro atoms. The lowest BCUT2D eigenvalue weighted by atomic mass is 10.3. The lowest BCUT2D eigenvalue weighted by molar-refractivity contribution is 0.322. The Morgan fingerprint density at radius 1 is 1.21 bits per heavy atom. The predicted octanol–water partition coefficient (Wildman–Crippen LogP) is 2.24. The van der Waals surface area contributed by atoms with E-state index in [1.54, 1.807) is 0 Å². The van der Waals surface area contributed by atoms with Gasteiger partial charge in [-0.1, -0.05) is 11.6 Å². The van der Waals surface area contributed by atoms with Crippen molar-refractivity contribution in [3.05, 3.63) is 29.0 Å². The summed E-state index contributed by atoms with van der Waals surface area (Å²) in [5.41, 5.74) is 7.87. The quantitative estimate of drug-likeness (QED) is 0.933. The van der Waals surface area contributed by atoms with Crippen LogP contribution in [0.4, 0.5) is 0 Å². The molecule has 0 bridgehead atoms. The van der Waals surface area contributed by atoms with Crippen LogP contribution in [0.15, 0.2) is 18.2 Å². The largest absolute Gasteiger partial charge is 0.326 e. The van der Waals surface area contributed by atoms with Crippen LogP contribution in [0, 0.1) is 0 Å². The second-order valence-electron chi connectivity index (χ2n) is 5.07. The molecule has 19 heavy (non-hydrogen) atoms. The van der Waals surface area contributed by atoms with Crippen LogP contribution in [0.25, 0.3) is 11.0 Å². The smallest absolute Gasteiger partial charge is 0.123 e. The minimum absolute atomic E-state index is 0.465. The van der Waals surface area contributed by atoms with Crippen molar-refractivity contribution in [2.24, 2.45) is 5.73 Å². The van der Waals surface area contributed by atoms with Crippen LogP contribution in [-0.2, 0) is 13.1 Å². The summed E-state index contributed by atoms with van der Waals surface area (Å²) < 4.78 is 2.23. The Hall–Kier alpha value is -1.10. The first-order chi connectivity index (χ1) is 9.28. The Morgan fingerprint density at radius 2 is 2.00 bits per heavy atom. The molecular weight excluding hydrogens is 260 g/mol. The van der Waals surface area contributed by atoms with E-state index in [1.165, 1.54) is 25.9 Å². The number of hydrogen-bond donors (Lipinski definition) is 1. The Bertz CT molecular complexity index is 572. The third-order valence-corrected chi connectivity index (χ3v) is 4.05. The van der Waals surface area contributed by atoms with Crippen LogP contribution < -0.4 is 5.73 Å². The van der Waals surface area contributed by atoms with Crippen molar-refractivity contribution in [1.29, 1.82) is 0 Å². The van der Waals surface area contributed by atoms with E-state index in [1.807, 2.05) is 18.2 Å². The summed E-state index contributed by atoms with van der Waals surface area (Å²) in [5, 5.41) is 0.722. The molecule has 0 unspecified atom stereocenters. The number of rotatable bonds is 4. The average molecular weight is 279 g/mol. The maximum absolute atomic E-state index is 6.02. The van der Waals surface area contributed by atoms with Gasteiger partial charge in [-0.15, -0.1) is 0 Å². The summed E-state index contributed by atoms with van der Waals surface area (Å²) >= 11 is 6.02. The van der Waals surface area contributed by atoms with Crippen molar-refractivity contribution in [1.82, 2.24) is 14.5 Å². The SMILES string of the molecule is NCc1nc2cc(Cl)ccc2n1CCN1CCCC1. The van der Waals surface area contributed by atoms with Gasteiger partial charge in [0.25, 0.3) is 0 Å². The molecule has 1 aliphatic heterocycles. The van der Waals surface area contributed by atoms with Crippen LogP contribution in [0.1, 0.15) is 18.7 Å². The van der Waals surface area contributed by atoms with E-state index in [0.29, 0.717) is 6.54 Å². The molecule has 0 saturated carbocycles. The van der Waals surface area contributed by atoms with Crippen LogP contribution >= 0.6 is 11.6 Å². The van der Waals surface area contributed by atoms with Crippen LogP contribution in [0.2, 0.25) is 5.02 Å². The lowest BCUT2D eigenvalue weighted by Gasteiger charge is -2.16. The highest BCUT2D eigenvalue weighted by Gasteiger charge is 2.14. The molecule has 0 amide bonds. The van der Waals surface area contributed by atoms with Crippen LogP contribution in [-0.4, -0.2) is 34.1 Å². The molecule has 2 N–H and O–H groups in total. The first kappa shape index (κ1) is 12.9. The number of nitrogens with two attached hydrogens (primary N) is 1. The maximum atomic E-state index is 6.02. The van der Waals surface area contributed by atoms with Gasteiger partial charge in [0.1, 0.15) is 5.82 Å². The first-order valence-electron chi connectivity index (χ1n) is 6.85. The Balaban J connectivity index is 1.87. The molecule has 1 aromatic carbocycles. The van der Waals surface area contributed by atoms with Gasteiger partial charge in [-0.25, -0.2) is 4.98 Å². The van der Waals surface area contributed by atoms with Gasteiger partial charge in [-0.05, 0) is 44.1 Å². The highest BCUT2D eigenvalue weighted by atomic mass is 35.5. The molecule has 5 heteroatoms. The topological polar surface area (TPSA) is 47.1 Å². The number of benzene rings is 1. The molecule has 0 aliphatic carbocycles. The van der Waals surface area contributed by atoms with Gasteiger partial charge in [-0.3, -0.25) is 0 Å². The molecule has 1 aromatic heterocycles. The van der Waals surface area contributed by atoms with Crippen molar-refractivity contribution in [2.75, 3.05) is 19.6 Å². The van der Waals surface area contributed by atoms with Crippen molar-refractivity contribution < 1.29 is 0 Å². The van der Waals surface area contributed by atoms with Gasteiger partial charge in [0.05, 0.1) is 17.6 Å². The summed E-state index contributed by atoms with van der Waals surface area (Å²) in [4.78, 5) is 7.07. The zero-order valence-corrected chi connectivity index (χ0v) is 11.7. The Labute approximate surface area is 118 Å². The fraction of sp³-hybridized carbons (Fsp3) is 0.500. The third kappa shape index (κ3) is 2.61. The Morgan fingerprint density at radius 3 is 2.74 bits per heavy atom. The number of imidazole rings is 1. The molecule has 1 saturated heterocycles. The van der Waals surface area contributed by atoms with Gasteiger partial charge in [0.2, 0.25) is 0 Å². The fourth-order valence-corrected chi connectivity index (χ4v) is 2.97.